The molecule has 0 saturated heterocycles. The Hall–Kier alpha value is -2.16. The number of methoxy groups -OCH3 is 1. The van der Waals surface area contributed by atoms with Crippen molar-refractivity contribution in [1.82, 2.24) is 0 Å². The maximum Gasteiger partial charge on any atom is 0.165 e. The van der Waals surface area contributed by atoms with Crippen LogP contribution in [0.15, 0.2) is 18.2 Å². The van der Waals surface area contributed by atoms with Gasteiger partial charge in [0.2, 0.25) is 0 Å². The largest absolute Gasteiger partial charge is 0.507 e. The van der Waals surface area contributed by atoms with E-state index in [4.69, 9.17) is 4.74 Å². The Morgan fingerprint density at radius 1 is 0.955 bits per heavy atom. The van der Waals surface area contributed by atoms with Gasteiger partial charge in [-0.25, -0.2) is 0 Å². The number of hydrogen-bond donors (Lipinski definition) is 2. The van der Waals surface area contributed by atoms with Gasteiger partial charge in [-0.3, -0.25) is 0 Å². The third-order valence-electron chi connectivity index (χ3n) is 4.18. The van der Waals surface area contributed by atoms with Crippen LogP contribution >= 0.6 is 0 Å². The average molecular weight is 300 g/mol. The molecule has 0 fully saturated rings. The van der Waals surface area contributed by atoms with Crippen molar-refractivity contribution in [3.8, 4) is 28.4 Å². The molecule has 2 rings (SSSR count). The summed E-state index contributed by atoms with van der Waals surface area (Å²) in [6.07, 6.45) is 0. The first-order valence-corrected chi connectivity index (χ1v) is 7.49. The highest BCUT2D eigenvalue weighted by atomic mass is 16.5. The fourth-order valence-electron chi connectivity index (χ4n) is 2.79. The molecule has 0 bridgehead atoms. The molecular weight excluding hydrogens is 276 g/mol. The van der Waals surface area contributed by atoms with E-state index in [0.29, 0.717) is 16.9 Å². The van der Waals surface area contributed by atoms with Crippen LogP contribution in [-0.2, 0) is 0 Å². The summed E-state index contributed by atoms with van der Waals surface area (Å²) in [7, 11) is 1.53. The SMILES string of the molecule is COc1cc(C)cc(-c2c(C)c(C)cc(C(C)C)c2O)c1O. The summed E-state index contributed by atoms with van der Waals surface area (Å²) in [6.45, 7) is 10.0. The Labute approximate surface area is 132 Å². The van der Waals surface area contributed by atoms with E-state index in [0.717, 1.165) is 22.3 Å². The normalized spacial score (nSPS) is 11.0. The molecule has 3 nitrogen and oxygen atoms in total. The molecule has 0 radical (unpaired) electrons. The first-order valence-electron chi connectivity index (χ1n) is 7.49. The summed E-state index contributed by atoms with van der Waals surface area (Å²) < 4.78 is 5.24. The average Bonchev–Trinajstić information content (AvgIpc) is 2.45. The van der Waals surface area contributed by atoms with Gasteiger partial charge in [0.15, 0.2) is 11.5 Å². The van der Waals surface area contributed by atoms with Crippen LogP contribution in [0.5, 0.6) is 17.2 Å². The summed E-state index contributed by atoms with van der Waals surface area (Å²) >= 11 is 0. The monoisotopic (exact) mass is 300 g/mol. The standard InChI is InChI=1S/C19H24O3/c1-10(2)14-9-12(4)13(5)17(19(14)21)15-7-11(3)8-16(22-6)18(15)20/h7-10,20-21H,1-6H3. The van der Waals surface area contributed by atoms with Crippen LogP contribution in [-0.4, -0.2) is 17.3 Å². The van der Waals surface area contributed by atoms with Gasteiger partial charge < -0.3 is 14.9 Å². The second kappa shape index (κ2) is 5.91. The summed E-state index contributed by atoms with van der Waals surface area (Å²) in [6, 6.07) is 5.68. The summed E-state index contributed by atoms with van der Waals surface area (Å²) in [5.41, 5.74) is 5.20. The lowest BCUT2D eigenvalue weighted by atomic mass is 9.88. The van der Waals surface area contributed by atoms with Crippen LogP contribution in [0.3, 0.4) is 0 Å². The van der Waals surface area contributed by atoms with Crippen molar-refractivity contribution in [2.75, 3.05) is 7.11 Å². The zero-order valence-corrected chi connectivity index (χ0v) is 14.1. The van der Waals surface area contributed by atoms with Crippen molar-refractivity contribution < 1.29 is 14.9 Å². The number of aromatic hydroxyl groups is 2. The molecule has 0 atom stereocenters. The van der Waals surface area contributed by atoms with E-state index in [-0.39, 0.29) is 17.4 Å². The van der Waals surface area contributed by atoms with Crippen molar-refractivity contribution in [2.24, 2.45) is 0 Å². The molecule has 0 aliphatic carbocycles. The van der Waals surface area contributed by atoms with E-state index < -0.39 is 0 Å². The van der Waals surface area contributed by atoms with Crippen LogP contribution in [0.25, 0.3) is 11.1 Å². The minimum Gasteiger partial charge on any atom is -0.507 e. The molecular formula is C19H24O3. The Morgan fingerprint density at radius 2 is 1.59 bits per heavy atom. The second-order valence-electron chi connectivity index (χ2n) is 6.15. The van der Waals surface area contributed by atoms with Crippen LogP contribution in [0.4, 0.5) is 0 Å². The molecule has 0 saturated carbocycles. The Bertz CT molecular complexity index is 715. The van der Waals surface area contributed by atoms with Crippen LogP contribution in [0.1, 0.15) is 42.0 Å². The highest BCUT2D eigenvalue weighted by Gasteiger charge is 2.21. The first kappa shape index (κ1) is 16.2. The lowest BCUT2D eigenvalue weighted by Gasteiger charge is -2.19. The van der Waals surface area contributed by atoms with Crippen LogP contribution in [0, 0.1) is 20.8 Å². The molecule has 0 aliphatic heterocycles. The smallest absolute Gasteiger partial charge is 0.165 e. The molecule has 2 aromatic rings. The van der Waals surface area contributed by atoms with Gasteiger partial charge in [-0.1, -0.05) is 19.9 Å². The van der Waals surface area contributed by atoms with Gasteiger partial charge in [-0.05, 0) is 61.1 Å². The molecule has 0 aromatic heterocycles. The number of phenols is 2. The van der Waals surface area contributed by atoms with Crippen molar-refractivity contribution >= 4 is 0 Å². The Kier molecular flexibility index (Phi) is 4.36. The first-order chi connectivity index (χ1) is 10.3. The van der Waals surface area contributed by atoms with Gasteiger partial charge >= 0.3 is 0 Å². The lowest BCUT2D eigenvalue weighted by Crippen LogP contribution is -1.97. The highest BCUT2D eigenvalue weighted by Crippen LogP contribution is 2.46. The fourth-order valence-corrected chi connectivity index (χ4v) is 2.79. The van der Waals surface area contributed by atoms with Crippen molar-refractivity contribution in [2.45, 2.75) is 40.5 Å². The number of ether oxygens (including phenoxy) is 1. The van der Waals surface area contributed by atoms with E-state index in [1.165, 1.54) is 7.11 Å². The van der Waals surface area contributed by atoms with E-state index in [2.05, 4.69) is 0 Å². The molecule has 0 heterocycles. The van der Waals surface area contributed by atoms with Gasteiger partial charge in [0.05, 0.1) is 7.11 Å². The number of rotatable bonds is 3. The zero-order valence-electron chi connectivity index (χ0n) is 14.1. The van der Waals surface area contributed by atoms with Crippen LogP contribution in [0.2, 0.25) is 0 Å². The predicted molar refractivity (Wildman–Crippen MR) is 90.1 cm³/mol. The molecule has 0 aliphatic rings. The van der Waals surface area contributed by atoms with E-state index in [1.807, 2.05) is 46.8 Å². The molecule has 22 heavy (non-hydrogen) atoms. The van der Waals surface area contributed by atoms with Crippen molar-refractivity contribution in [1.29, 1.82) is 0 Å². The minimum atomic E-state index is 0.0619. The maximum atomic E-state index is 10.7. The third-order valence-corrected chi connectivity index (χ3v) is 4.18. The van der Waals surface area contributed by atoms with Gasteiger partial charge in [-0.15, -0.1) is 0 Å². The number of benzene rings is 2. The van der Waals surface area contributed by atoms with E-state index in [1.54, 1.807) is 6.07 Å². The van der Waals surface area contributed by atoms with Gasteiger partial charge in [-0.2, -0.15) is 0 Å². The Morgan fingerprint density at radius 3 is 2.14 bits per heavy atom. The van der Waals surface area contributed by atoms with E-state index in [9.17, 15) is 10.2 Å². The molecule has 0 unspecified atom stereocenters. The topological polar surface area (TPSA) is 49.7 Å². The molecule has 2 N–H and O–H groups in total. The summed E-state index contributed by atoms with van der Waals surface area (Å²) in [4.78, 5) is 0. The number of aryl methyl sites for hydroxylation is 2. The quantitative estimate of drug-likeness (QED) is 0.854. The minimum absolute atomic E-state index is 0.0619. The molecule has 0 amide bonds. The van der Waals surface area contributed by atoms with Gasteiger partial charge in [0.1, 0.15) is 5.75 Å². The molecule has 3 heteroatoms. The second-order valence-corrected chi connectivity index (χ2v) is 6.15. The summed E-state index contributed by atoms with van der Waals surface area (Å²) in [5, 5.41) is 21.2. The third kappa shape index (κ3) is 2.63. The van der Waals surface area contributed by atoms with Gasteiger partial charge in [0, 0.05) is 11.1 Å². The zero-order chi connectivity index (χ0) is 16.6. The highest BCUT2D eigenvalue weighted by molar-refractivity contribution is 5.83. The molecule has 118 valence electrons. The Balaban J connectivity index is 2.86. The predicted octanol–water partition coefficient (Wildman–Crippen LogP) is 4.82. The maximum absolute atomic E-state index is 10.7. The van der Waals surface area contributed by atoms with Crippen molar-refractivity contribution in [3.63, 3.8) is 0 Å². The fraction of sp³-hybridized carbons (Fsp3) is 0.368. The molecule has 0 spiro atoms. The summed E-state index contributed by atoms with van der Waals surface area (Å²) in [5.74, 6) is 0.918. The number of hydrogen-bond acceptors (Lipinski definition) is 3. The van der Waals surface area contributed by atoms with Crippen molar-refractivity contribution in [3.05, 3.63) is 40.5 Å². The van der Waals surface area contributed by atoms with E-state index >= 15 is 0 Å². The number of phenolic OH excluding ortho intramolecular Hbond substituents is 2. The van der Waals surface area contributed by atoms with Crippen LogP contribution < -0.4 is 4.74 Å². The van der Waals surface area contributed by atoms with Gasteiger partial charge in [0.25, 0.3) is 0 Å². The molecule has 2 aromatic carbocycles. The lowest BCUT2D eigenvalue weighted by molar-refractivity contribution is 0.374.